The SMILES string of the molecule is O=C(CC1CC[C@@H](c2ccccc2)C1)Nc1ccc(F)cc1. The van der Waals surface area contributed by atoms with E-state index in [0.717, 1.165) is 19.3 Å². The molecule has 0 radical (unpaired) electrons. The van der Waals surface area contributed by atoms with Gasteiger partial charge in [0.1, 0.15) is 5.82 Å². The fourth-order valence-corrected chi connectivity index (χ4v) is 3.30. The van der Waals surface area contributed by atoms with Crippen molar-refractivity contribution in [2.24, 2.45) is 5.92 Å². The molecule has 1 saturated carbocycles. The van der Waals surface area contributed by atoms with Crippen LogP contribution in [-0.4, -0.2) is 5.91 Å². The highest BCUT2D eigenvalue weighted by molar-refractivity contribution is 5.90. The van der Waals surface area contributed by atoms with Gasteiger partial charge in [0.25, 0.3) is 0 Å². The zero-order chi connectivity index (χ0) is 15.4. The molecule has 0 bridgehead atoms. The lowest BCUT2D eigenvalue weighted by molar-refractivity contribution is -0.117. The summed E-state index contributed by atoms with van der Waals surface area (Å²) in [7, 11) is 0. The second kappa shape index (κ2) is 6.73. The molecule has 3 heteroatoms. The van der Waals surface area contributed by atoms with Crippen LogP contribution in [-0.2, 0) is 4.79 Å². The minimum Gasteiger partial charge on any atom is -0.326 e. The van der Waals surface area contributed by atoms with Crippen LogP contribution in [0, 0.1) is 11.7 Å². The van der Waals surface area contributed by atoms with Crippen LogP contribution in [0.25, 0.3) is 0 Å². The molecule has 2 atom stereocenters. The van der Waals surface area contributed by atoms with Crippen molar-refractivity contribution in [3.05, 3.63) is 66.0 Å². The van der Waals surface area contributed by atoms with E-state index < -0.39 is 0 Å². The van der Waals surface area contributed by atoms with Crippen molar-refractivity contribution in [2.45, 2.75) is 31.6 Å². The first-order chi connectivity index (χ1) is 10.7. The Hall–Kier alpha value is -2.16. The molecule has 0 heterocycles. The minimum atomic E-state index is -0.292. The van der Waals surface area contributed by atoms with Gasteiger partial charge in [0, 0.05) is 12.1 Å². The number of amides is 1. The number of halogens is 1. The molecule has 2 nitrogen and oxygen atoms in total. The van der Waals surface area contributed by atoms with Gasteiger partial charge in [0.05, 0.1) is 0 Å². The van der Waals surface area contributed by atoms with Crippen LogP contribution in [0.3, 0.4) is 0 Å². The van der Waals surface area contributed by atoms with Crippen molar-refractivity contribution in [3.63, 3.8) is 0 Å². The molecular weight excluding hydrogens is 277 g/mol. The standard InChI is InChI=1S/C19H20FNO/c20-17-8-10-18(11-9-17)21-19(22)13-14-6-7-16(12-14)15-4-2-1-3-5-15/h1-5,8-11,14,16H,6-7,12-13H2,(H,21,22)/t14?,16-/m1/s1. The maximum absolute atomic E-state index is 12.8. The van der Waals surface area contributed by atoms with Crippen LogP contribution in [0.2, 0.25) is 0 Å². The lowest BCUT2D eigenvalue weighted by Gasteiger charge is -2.12. The van der Waals surface area contributed by atoms with Gasteiger partial charge in [-0.1, -0.05) is 30.3 Å². The van der Waals surface area contributed by atoms with Crippen molar-refractivity contribution in [2.75, 3.05) is 5.32 Å². The Morgan fingerprint density at radius 2 is 1.77 bits per heavy atom. The predicted molar refractivity (Wildman–Crippen MR) is 86.2 cm³/mol. The zero-order valence-corrected chi connectivity index (χ0v) is 12.5. The Labute approximate surface area is 130 Å². The van der Waals surface area contributed by atoms with Gasteiger partial charge < -0.3 is 5.32 Å². The maximum Gasteiger partial charge on any atom is 0.224 e. The molecule has 114 valence electrons. The lowest BCUT2D eigenvalue weighted by atomic mass is 9.95. The smallest absolute Gasteiger partial charge is 0.224 e. The predicted octanol–water partition coefficient (Wildman–Crippen LogP) is 4.74. The molecular formula is C19H20FNO. The van der Waals surface area contributed by atoms with Gasteiger partial charge in [-0.3, -0.25) is 4.79 Å². The molecule has 1 unspecified atom stereocenters. The summed E-state index contributed by atoms with van der Waals surface area (Å²) >= 11 is 0. The average molecular weight is 297 g/mol. The Balaban J connectivity index is 1.51. The van der Waals surface area contributed by atoms with Crippen LogP contribution < -0.4 is 5.32 Å². The molecule has 1 aliphatic carbocycles. The first-order valence-corrected chi connectivity index (χ1v) is 7.81. The number of anilines is 1. The van der Waals surface area contributed by atoms with Gasteiger partial charge in [-0.05, 0) is 60.9 Å². The van der Waals surface area contributed by atoms with Gasteiger partial charge in [0.15, 0.2) is 0 Å². The molecule has 1 N–H and O–H groups in total. The van der Waals surface area contributed by atoms with E-state index in [2.05, 4.69) is 29.6 Å². The third-order valence-corrected chi connectivity index (χ3v) is 4.41. The topological polar surface area (TPSA) is 29.1 Å². The molecule has 0 aromatic heterocycles. The summed E-state index contributed by atoms with van der Waals surface area (Å²) < 4.78 is 12.8. The summed E-state index contributed by atoms with van der Waals surface area (Å²) in [6.45, 7) is 0. The molecule has 0 saturated heterocycles. The summed E-state index contributed by atoms with van der Waals surface area (Å²) in [6, 6.07) is 16.4. The highest BCUT2D eigenvalue weighted by Gasteiger charge is 2.27. The minimum absolute atomic E-state index is 0.0188. The number of rotatable bonds is 4. The van der Waals surface area contributed by atoms with Crippen molar-refractivity contribution in [1.29, 1.82) is 0 Å². The summed E-state index contributed by atoms with van der Waals surface area (Å²) in [6.07, 6.45) is 3.86. The molecule has 1 fully saturated rings. The molecule has 1 amide bonds. The number of nitrogens with one attached hydrogen (secondary N) is 1. The van der Waals surface area contributed by atoms with Crippen LogP contribution in [0.1, 0.15) is 37.2 Å². The number of hydrogen-bond acceptors (Lipinski definition) is 1. The van der Waals surface area contributed by atoms with E-state index >= 15 is 0 Å². The second-order valence-corrected chi connectivity index (χ2v) is 6.05. The zero-order valence-electron chi connectivity index (χ0n) is 12.5. The second-order valence-electron chi connectivity index (χ2n) is 6.05. The molecule has 3 rings (SSSR count). The van der Waals surface area contributed by atoms with Gasteiger partial charge in [-0.25, -0.2) is 4.39 Å². The van der Waals surface area contributed by atoms with Gasteiger partial charge in [-0.2, -0.15) is 0 Å². The third kappa shape index (κ3) is 3.73. The van der Waals surface area contributed by atoms with E-state index in [1.54, 1.807) is 12.1 Å². The van der Waals surface area contributed by atoms with Crippen molar-refractivity contribution in [1.82, 2.24) is 0 Å². The molecule has 0 aliphatic heterocycles. The number of carbonyl (C=O) groups excluding carboxylic acids is 1. The summed E-state index contributed by atoms with van der Waals surface area (Å²) in [5.41, 5.74) is 2.04. The van der Waals surface area contributed by atoms with Crippen LogP contribution in [0.4, 0.5) is 10.1 Å². The Bertz CT molecular complexity index is 624. The summed E-state index contributed by atoms with van der Waals surface area (Å²) in [4.78, 5) is 12.1. The highest BCUT2D eigenvalue weighted by Crippen LogP contribution is 2.39. The highest BCUT2D eigenvalue weighted by atomic mass is 19.1. The molecule has 2 aromatic carbocycles. The number of benzene rings is 2. The van der Waals surface area contributed by atoms with Gasteiger partial charge in [-0.15, -0.1) is 0 Å². The van der Waals surface area contributed by atoms with Gasteiger partial charge in [0.2, 0.25) is 5.91 Å². The first kappa shape index (κ1) is 14.8. The fourth-order valence-electron chi connectivity index (χ4n) is 3.30. The van der Waals surface area contributed by atoms with Crippen molar-refractivity contribution >= 4 is 11.6 Å². The Kier molecular flexibility index (Phi) is 4.52. The third-order valence-electron chi connectivity index (χ3n) is 4.41. The maximum atomic E-state index is 12.8. The first-order valence-electron chi connectivity index (χ1n) is 7.81. The van der Waals surface area contributed by atoms with Crippen molar-refractivity contribution in [3.8, 4) is 0 Å². The molecule has 22 heavy (non-hydrogen) atoms. The Morgan fingerprint density at radius 1 is 1.05 bits per heavy atom. The van der Waals surface area contributed by atoms with Crippen LogP contribution in [0.15, 0.2) is 54.6 Å². The van der Waals surface area contributed by atoms with E-state index in [4.69, 9.17) is 0 Å². The van der Waals surface area contributed by atoms with E-state index in [9.17, 15) is 9.18 Å². The average Bonchev–Trinajstić information content (AvgIpc) is 2.99. The van der Waals surface area contributed by atoms with E-state index in [-0.39, 0.29) is 11.7 Å². The number of carbonyl (C=O) groups is 1. The summed E-state index contributed by atoms with van der Waals surface area (Å²) in [5, 5.41) is 2.85. The Morgan fingerprint density at radius 3 is 2.50 bits per heavy atom. The largest absolute Gasteiger partial charge is 0.326 e. The van der Waals surface area contributed by atoms with E-state index in [0.29, 0.717) is 23.9 Å². The molecule has 2 aromatic rings. The van der Waals surface area contributed by atoms with E-state index in [1.807, 2.05) is 6.07 Å². The normalized spacial score (nSPS) is 20.8. The van der Waals surface area contributed by atoms with E-state index in [1.165, 1.54) is 17.7 Å². The number of hydrogen-bond donors (Lipinski definition) is 1. The van der Waals surface area contributed by atoms with Crippen LogP contribution >= 0.6 is 0 Å². The fraction of sp³-hybridized carbons (Fsp3) is 0.316. The monoisotopic (exact) mass is 297 g/mol. The summed E-state index contributed by atoms with van der Waals surface area (Å²) in [5.74, 6) is 0.736. The van der Waals surface area contributed by atoms with Crippen LogP contribution in [0.5, 0.6) is 0 Å². The molecule has 0 spiro atoms. The molecule has 1 aliphatic rings. The lowest BCUT2D eigenvalue weighted by Crippen LogP contribution is -2.15. The van der Waals surface area contributed by atoms with Gasteiger partial charge >= 0.3 is 0 Å². The van der Waals surface area contributed by atoms with Crippen molar-refractivity contribution < 1.29 is 9.18 Å². The quantitative estimate of drug-likeness (QED) is 0.867.